The molecule has 0 unspecified atom stereocenters. The van der Waals surface area contributed by atoms with Gasteiger partial charge in [-0.3, -0.25) is 4.79 Å². The summed E-state index contributed by atoms with van der Waals surface area (Å²) in [6.45, 7) is 3.82. The highest BCUT2D eigenvalue weighted by atomic mass is 35.5. The predicted octanol–water partition coefficient (Wildman–Crippen LogP) is 7.20. The maximum atomic E-state index is 13.7. The fourth-order valence-electron chi connectivity index (χ4n) is 3.62. The number of halogens is 3. The number of carbonyl (C=O) groups is 1. The van der Waals surface area contributed by atoms with Gasteiger partial charge in [-0.1, -0.05) is 29.3 Å². The first-order valence-corrected chi connectivity index (χ1v) is 13.3. The number of aryl methyl sites for hydroxylation is 2. The molecule has 0 aliphatic carbocycles. The maximum absolute atomic E-state index is 13.7. The summed E-state index contributed by atoms with van der Waals surface area (Å²) in [6.07, 6.45) is 0. The van der Waals surface area contributed by atoms with E-state index in [2.05, 4.69) is 5.32 Å². The van der Waals surface area contributed by atoms with E-state index in [4.69, 9.17) is 28.9 Å². The van der Waals surface area contributed by atoms with E-state index in [0.717, 1.165) is 40.7 Å². The molecule has 0 amide bonds. The number of nitrogen functional groups attached to an aromatic ring is 1. The van der Waals surface area contributed by atoms with Gasteiger partial charge in [0.05, 0.1) is 15.6 Å². The van der Waals surface area contributed by atoms with Gasteiger partial charge in [0, 0.05) is 16.3 Å². The van der Waals surface area contributed by atoms with Crippen LogP contribution in [-0.2, 0) is 9.84 Å². The van der Waals surface area contributed by atoms with Crippen LogP contribution in [0.25, 0.3) is 0 Å². The van der Waals surface area contributed by atoms with Crippen LogP contribution in [0.15, 0.2) is 70.5 Å². The molecule has 1 heterocycles. The molecule has 0 bridgehead atoms. The topological polar surface area (TPSA) is 89.3 Å². The van der Waals surface area contributed by atoms with Crippen molar-refractivity contribution < 1.29 is 17.6 Å². The summed E-state index contributed by atoms with van der Waals surface area (Å²) < 4.78 is 41.0. The molecule has 10 heteroatoms. The molecule has 0 saturated carbocycles. The lowest BCUT2D eigenvalue weighted by Crippen LogP contribution is -2.08. The number of rotatable bonds is 6. The second kappa shape index (κ2) is 9.62. The van der Waals surface area contributed by atoms with Gasteiger partial charge in [0.2, 0.25) is 15.6 Å². The van der Waals surface area contributed by atoms with Gasteiger partial charge in [-0.2, -0.15) is 0 Å². The fraction of sp³-hybridized carbons (Fsp3) is 0.0800. The minimum Gasteiger partial charge on any atom is -0.396 e. The summed E-state index contributed by atoms with van der Waals surface area (Å²) in [5.74, 6) is -1.21. The molecule has 1 aromatic heterocycles. The van der Waals surface area contributed by atoms with Crippen LogP contribution in [0.5, 0.6) is 0 Å². The first-order chi connectivity index (χ1) is 16.5. The Bertz CT molecular complexity index is 1550. The average Bonchev–Trinajstić information content (AvgIpc) is 3.11. The number of sulfone groups is 1. The number of hydrogen-bond acceptors (Lipinski definition) is 6. The van der Waals surface area contributed by atoms with Gasteiger partial charge in [-0.25, -0.2) is 12.8 Å². The highest BCUT2D eigenvalue weighted by molar-refractivity contribution is 7.92. The first kappa shape index (κ1) is 25.2. The van der Waals surface area contributed by atoms with Crippen molar-refractivity contribution in [3.8, 4) is 0 Å². The average molecular weight is 549 g/mol. The van der Waals surface area contributed by atoms with Gasteiger partial charge in [0.15, 0.2) is 0 Å². The number of benzene rings is 3. The van der Waals surface area contributed by atoms with Gasteiger partial charge < -0.3 is 11.1 Å². The van der Waals surface area contributed by atoms with Crippen LogP contribution >= 0.6 is 34.5 Å². The fourth-order valence-corrected chi connectivity index (χ4v) is 6.95. The molecule has 0 radical (unpaired) electrons. The molecule has 0 aliphatic heterocycles. The molecule has 3 aromatic carbocycles. The van der Waals surface area contributed by atoms with Gasteiger partial charge >= 0.3 is 0 Å². The number of thiophene rings is 1. The van der Waals surface area contributed by atoms with Crippen molar-refractivity contribution in [1.29, 1.82) is 0 Å². The summed E-state index contributed by atoms with van der Waals surface area (Å²) in [7, 11) is -4.28. The van der Waals surface area contributed by atoms with Crippen LogP contribution in [0.4, 0.5) is 20.8 Å². The summed E-state index contributed by atoms with van der Waals surface area (Å²) >= 11 is 12.7. The molecular weight excluding hydrogens is 530 g/mol. The normalized spacial score (nSPS) is 11.5. The van der Waals surface area contributed by atoms with E-state index in [1.165, 1.54) is 12.1 Å². The predicted molar refractivity (Wildman–Crippen MR) is 140 cm³/mol. The minimum atomic E-state index is -4.28. The van der Waals surface area contributed by atoms with Crippen LogP contribution in [0.3, 0.4) is 0 Å². The van der Waals surface area contributed by atoms with Crippen molar-refractivity contribution in [2.45, 2.75) is 23.6 Å². The van der Waals surface area contributed by atoms with E-state index in [1.807, 2.05) is 32.0 Å². The lowest BCUT2D eigenvalue weighted by molar-refractivity contribution is 0.104. The van der Waals surface area contributed by atoms with Crippen molar-refractivity contribution in [2.24, 2.45) is 0 Å². The largest absolute Gasteiger partial charge is 0.396 e. The Morgan fingerprint density at radius 3 is 2.20 bits per heavy atom. The molecule has 180 valence electrons. The van der Waals surface area contributed by atoms with E-state index in [0.29, 0.717) is 16.3 Å². The Labute approximate surface area is 216 Å². The number of anilines is 3. The zero-order chi connectivity index (χ0) is 25.5. The van der Waals surface area contributed by atoms with Gasteiger partial charge in [-0.15, -0.1) is 11.3 Å². The monoisotopic (exact) mass is 548 g/mol. The van der Waals surface area contributed by atoms with E-state index in [1.54, 1.807) is 12.1 Å². The third kappa shape index (κ3) is 5.06. The van der Waals surface area contributed by atoms with E-state index < -0.39 is 21.4 Å². The van der Waals surface area contributed by atoms with Crippen LogP contribution in [-0.4, -0.2) is 14.2 Å². The molecule has 4 rings (SSSR count). The van der Waals surface area contributed by atoms with Crippen molar-refractivity contribution >= 4 is 66.5 Å². The summed E-state index contributed by atoms with van der Waals surface area (Å²) in [4.78, 5) is 12.8. The van der Waals surface area contributed by atoms with Crippen molar-refractivity contribution in [3.05, 3.63) is 98.1 Å². The van der Waals surface area contributed by atoms with Gasteiger partial charge in [0.1, 0.15) is 20.6 Å². The maximum Gasteiger partial charge on any atom is 0.211 e. The quantitative estimate of drug-likeness (QED) is 0.196. The van der Waals surface area contributed by atoms with Crippen LogP contribution in [0.1, 0.15) is 26.4 Å². The Morgan fingerprint density at radius 1 is 0.971 bits per heavy atom. The number of carbonyl (C=O) groups excluding carboxylic acids is 1. The lowest BCUT2D eigenvalue weighted by atomic mass is 10.1. The second-order valence-corrected chi connectivity index (χ2v) is 11.7. The van der Waals surface area contributed by atoms with E-state index in [9.17, 15) is 17.6 Å². The van der Waals surface area contributed by atoms with Gasteiger partial charge in [0.25, 0.3) is 0 Å². The van der Waals surface area contributed by atoms with Crippen molar-refractivity contribution in [1.82, 2.24) is 0 Å². The Morgan fingerprint density at radius 2 is 1.60 bits per heavy atom. The molecule has 3 N–H and O–H groups in total. The molecular formula is C25H19Cl2FN2O3S2. The summed E-state index contributed by atoms with van der Waals surface area (Å²) in [5, 5.41) is 3.38. The first-order valence-electron chi connectivity index (χ1n) is 10.3. The minimum absolute atomic E-state index is 0.0472. The standard InChI is InChI=1S/C25H19Cl2FN2O3S2/c1-13-9-14(2)11-17(10-13)30-25-24(35(32,33)18-7-8-20(28)19(27)12-18)21(29)23(34-25)22(31)15-3-5-16(26)6-4-15/h3-12,30H,29H2,1-2H3. The Hall–Kier alpha value is -2.91. The van der Waals surface area contributed by atoms with Crippen LogP contribution in [0, 0.1) is 19.7 Å². The number of hydrogen-bond donors (Lipinski definition) is 2. The highest BCUT2D eigenvalue weighted by Crippen LogP contribution is 2.44. The molecule has 0 spiro atoms. The van der Waals surface area contributed by atoms with Crippen molar-refractivity contribution in [3.63, 3.8) is 0 Å². The van der Waals surface area contributed by atoms with E-state index >= 15 is 0 Å². The molecule has 0 atom stereocenters. The molecule has 4 aromatic rings. The van der Waals surface area contributed by atoms with Crippen LogP contribution < -0.4 is 11.1 Å². The molecule has 0 saturated heterocycles. The smallest absolute Gasteiger partial charge is 0.211 e. The third-order valence-corrected chi connectivity index (χ3v) is 8.79. The second-order valence-electron chi connectivity index (χ2n) is 7.92. The summed E-state index contributed by atoms with van der Waals surface area (Å²) in [6, 6.07) is 14.9. The zero-order valence-corrected chi connectivity index (χ0v) is 21.7. The Balaban J connectivity index is 1.91. The van der Waals surface area contributed by atoms with Crippen LogP contribution in [0.2, 0.25) is 10.0 Å². The molecule has 0 aliphatic rings. The zero-order valence-electron chi connectivity index (χ0n) is 18.5. The SMILES string of the molecule is Cc1cc(C)cc(Nc2sc(C(=O)c3ccc(Cl)cc3)c(N)c2S(=O)(=O)c2ccc(F)c(Cl)c2)c1. The number of nitrogens with two attached hydrogens (primary N) is 1. The molecule has 0 fully saturated rings. The number of ketones is 1. The Kier molecular flexibility index (Phi) is 6.92. The summed E-state index contributed by atoms with van der Waals surface area (Å²) in [5.41, 5.74) is 8.96. The molecule has 35 heavy (non-hydrogen) atoms. The van der Waals surface area contributed by atoms with E-state index in [-0.39, 0.29) is 30.4 Å². The van der Waals surface area contributed by atoms with Gasteiger partial charge in [-0.05, 0) is 79.6 Å². The van der Waals surface area contributed by atoms with Crippen molar-refractivity contribution in [2.75, 3.05) is 11.1 Å². The third-order valence-electron chi connectivity index (χ3n) is 5.16. The number of nitrogens with one attached hydrogen (secondary N) is 1. The molecule has 5 nitrogen and oxygen atoms in total. The lowest BCUT2D eigenvalue weighted by Gasteiger charge is -2.11. The highest BCUT2D eigenvalue weighted by Gasteiger charge is 2.32.